The summed E-state index contributed by atoms with van der Waals surface area (Å²) in [5.41, 5.74) is 9.44. The Morgan fingerprint density at radius 1 is 1.16 bits per heavy atom. The molecule has 25 heavy (non-hydrogen) atoms. The molecule has 0 aliphatic rings. The van der Waals surface area contributed by atoms with Gasteiger partial charge in [0, 0.05) is 34.6 Å². The molecule has 3 aromatic rings. The summed E-state index contributed by atoms with van der Waals surface area (Å²) in [4.78, 5) is 17.5. The average molecular weight is 396 g/mol. The van der Waals surface area contributed by atoms with E-state index in [1.807, 2.05) is 42.6 Å². The van der Waals surface area contributed by atoms with Crippen molar-refractivity contribution < 1.29 is 4.79 Å². The zero-order valence-electron chi connectivity index (χ0n) is 13.5. The highest BCUT2D eigenvalue weighted by Gasteiger charge is 2.14. The zero-order chi connectivity index (χ0) is 16.2. The van der Waals surface area contributed by atoms with Gasteiger partial charge in [0.25, 0.3) is 5.91 Å². The molecule has 0 aliphatic heterocycles. The lowest BCUT2D eigenvalue weighted by atomic mass is 9.98. The number of amides is 1. The van der Waals surface area contributed by atoms with Gasteiger partial charge in [0.1, 0.15) is 0 Å². The summed E-state index contributed by atoms with van der Waals surface area (Å²) in [7, 11) is 0. The second kappa shape index (κ2) is 9.53. The number of hydrogen-bond acceptors (Lipinski definition) is 4. The van der Waals surface area contributed by atoms with Crippen LogP contribution in [-0.2, 0) is 0 Å². The van der Waals surface area contributed by atoms with Gasteiger partial charge in [-0.25, -0.2) is 0 Å². The summed E-state index contributed by atoms with van der Waals surface area (Å²) in [6.45, 7) is 1.95. The average Bonchev–Trinajstić information content (AvgIpc) is 3.09. The second-order valence-corrected chi connectivity index (χ2v) is 6.21. The molecule has 0 fully saturated rings. The predicted octanol–water partition coefficient (Wildman–Crippen LogP) is 4.93. The maximum absolute atomic E-state index is 12.5. The Kier molecular flexibility index (Phi) is 8.06. The molecular formula is C18H19Cl2N3OS. The third-order valence-electron chi connectivity index (χ3n) is 3.53. The Bertz CT molecular complexity index is 808. The van der Waals surface area contributed by atoms with Gasteiger partial charge in [0.15, 0.2) is 0 Å². The Morgan fingerprint density at radius 2 is 1.88 bits per heavy atom. The van der Waals surface area contributed by atoms with Crippen LogP contribution in [0.15, 0.2) is 60.2 Å². The minimum atomic E-state index is -0.148. The summed E-state index contributed by atoms with van der Waals surface area (Å²) in [5.74, 6) is -0.148. The van der Waals surface area contributed by atoms with Gasteiger partial charge in [-0.15, -0.1) is 36.2 Å². The molecule has 1 aromatic carbocycles. The van der Waals surface area contributed by atoms with E-state index < -0.39 is 0 Å². The smallest absolute Gasteiger partial charge is 0.255 e. The summed E-state index contributed by atoms with van der Waals surface area (Å²) in [6, 6.07) is 13.1. The van der Waals surface area contributed by atoms with Gasteiger partial charge in [-0.3, -0.25) is 9.78 Å². The van der Waals surface area contributed by atoms with Gasteiger partial charge in [0.05, 0.1) is 0 Å². The fourth-order valence-electron chi connectivity index (χ4n) is 2.38. The minimum Gasteiger partial charge on any atom is -0.324 e. The van der Waals surface area contributed by atoms with Crippen molar-refractivity contribution in [2.75, 3.05) is 5.32 Å². The van der Waals surface area contributed by atoms with E-state index in [2.05, 4.69) is 10.3 Å². The third kappa shape index (κ3) is 5.03. The molecule has 7 heteroatoms. The van der Waals surface area contributed by atoms with E-state index in [-0.39, 0.29) is 36.8 Å². The highest BCUT2D eigenvalue weighted by atomic mass is 35.5. The Balaban J connectivity index is 0.00000156. The number of hydrogen-bond donors (Lipinski definition) is 2. The predicted molar refractivity (Wildman–Crippen MR) is 109 cm³/mol. The molecule has 3 N–H and O–H groups in total. The monoisotopic (exact) mass is 395 g/mol. The molecule has 4 nitrogen and oxygen atoms in total. The van der Waals surface area contributed by atoms with E-state index in [1.165, 1.54) is 0 Å². The number of nitrogens with zero attached hydrogens (tertiary/aromatic N) is 1. The van der Waals surface area contributed by atoms with Crippen molar-refractivity contribution in [3.63, 3.8) is 0 Å². The van der Waals surface area contributed by atoms with Crippen molar-refractivity contribution in [3.05, 3.63) is 71.4 Å². The molecule has 1 amide bonds. The first-order valence-electron chi connectivity index (χ1n) is 7.30. The van der Waals surface area contributed by atoms with Crippen molar-refractivity contribution in [1.82, 2.24) is 4.98 Å². The van der Waals surface area contributed by atoms with E-state index in [9.17, 15) is 4.79 Å². The number of nitrogens with one attached hydrogen (secondary N) is 1. The topological polar surface area (TPSA) is 68.0 Å². The number of benzene rings is 1. The molecule has 1 atom stereocenters. The first-order valence-corrected chi connectivity index (χ1v) is 8.18. The number of anilines is 1. The Morgan fingerprint density at radius 3 is 2.48 bits per heavy atom. The van der Waals surface area contributed by atoms with Crippen LogP contribution in [0.25, 0.3) is 10.4 Å². The number of carbonyl (C=O) groups excluding carboxylic acids is 1. The van der Waals surface area contributed by atoms with Gasteiger partial charge in [-0.1, -0.05) is 12.1 Å². The number of carbonyl (C=O) groups is 1. The highest BCUT2D eigenvalue weighted by molar-refractivity contribution is 7.13. The van der Waals surface area contributed by atoms with Crippen LogP contribution >= 0.6 is 36.2 Å². The van der Waals surface area contributed by atoms with Crippen molar-refractivity contribution in [1.29, 1.82) is 0 Å². The number of nitrogens with two attached hydrogens (primary N) is 1. The lowest BCUT2D eigenvalue weighted by molar-refractivity contribution is 0.102. The van der Waals surface area contributed by atoms with Gasteiger partial charge in [0.2, 0.25) is 0 Å². The molecule has 2 heterocycles. The van der Waals surface area contributed by atoms with Gasteiger partial charge in [-0.05, 0) is 53.8 Å². The van der Waals surface area contributed by atoms with Crippen LogP contribution in [0.3, 0.4) is 0 Å². The van der Waals surface area contributed by atoms with Crippen molar-refractivity contribution >= 4 is 47.7 Å². The van der Waals surface area contributed by atoms with Crippen molar-refractivity contribution in [2.45, 2.75) is 13.0 Å². The quantitative estimate of drug-likeness (QED) is 0.657. The molecule has 0 aliphatic carbocycles. The van der Waals surface area contributed by atoms with Crippen LogP contribution in [-0.4, -0.2) is 10.9 Å². The van der Waals surface area contributed by atoms with E-state index in [1.54, 1.807) is 35.9 Å². The molecule has 0 saturated carbocycles. The van der Waals surface area contributed by atoms with Crippen LogP contribution in [0.5, 0.6) is 0 Å². The molecule has 0 radical (unpaired) electrons. The zero-order valence-corrected chi connectivity index (χ0v) is 16.0. The highest BCUT2D eigenvalue weighted by Crippen LogP contribution is 2.32. The molecule has 0 bridgehead atoms. The lowest BCUT2D eigenvalue weighted by Crippen LogP contribution is -2.13. The molecular weight excluding hydrogens is 377 g/mol. The van der Waals surface area contributed by atoms with Gasteiger partial charge in [-0.2, -0.15) is 0 Å². The number of pyridine rings is 1. The van der Waals surface area contributed by atoms with Crippen molar-refractivity contribution in [3.8, 4) is 10.4 Å². The summed E-state index contributed by atoms with van der Waals surface area (Å²) in [5, 5.41) is 4.89. The van der Waals surface area contributed by atoms with Crippen LogP contribution in [0.4, 0.5) is 5.69 Å². The lowest BCUT2D eigenvalue weighted by Gasteiger charge is -2.14. The Labute approximate surface area is 163 Å². The minimum absolute atomic E-state index is 0. The molecule has 2 aromatic heterocycles. The fraction of sp³-hybridized carbons (Fsp3) is 0.111. The molecule has 0 saturated heterocycles. The van der Waals surface area contributed by atoms with E-state index in [0.717, 1.165) is 21.7 Å². The van der Waals surface area contributed by atoms with Gasteiger partial charge < -0.3 is 11.1 Å². The third-order valence-corrected chi connectivity index (χ3v) is 4.43. The first kappa shape index (κ1) is 21.1. The molecule has 132 valence electrons. The van der Waals surface area contributed by atoms with Crippen molar-refractivity contribution in [2.24, 2.45) is 5.73 Å². The standard InChI is InChI=1S/C18H17N3OS.2ClH/c1-12(19)15-5-4-13(11-16(15)17-3-2-10-23-17)18(22)21-14-6-8-20-9-7-14;;/h2-12H,19H2,1H3,(H,20,21,22);2*1H/t12-;;/m1../s1. The largest absolute Gasteiger partial charge is 0.324 e. The van der Waals surface area contributed by atoms with Crippen LogP contribution < -0.4 is 11.1 Å². The van der Waals surface area contributed by atoms with E-state index >= 15 is 0 Å². The summed E-state index contributed by atoms with van der Waals surface area (Å²) < 4.78 is 0. The maximum Gasteiger partial charge on any atom is 0.255 e. The number of aromatic nitrogens is 1. The summed E-state index contributed by atoms with van der Waals surface area (Å²) >= 11 is 1.64. The Hall–Kier alpha value is -1.92. The van der Waals surface area contributed by atoms with E-state index in [0.29, 0.717) is 5.56 Å². The number of thiophene rings is 1. The SMILES string of the molecule is C[C@@H](N)c1ccc(C(=O)Nc2ccncc2)cc1-c1cccs1.Cl.Cl. The van der Waals surface area contributed by atoms with Crippen LogP contribution in [0, 0.1) is 0 Å². The van der Waals surface area contributed by atoms with Crippen LogP contribution in [0.1, 0.15) is 28.9 Å². The molecule has 0 spiro atoms. The normalized spacial score (nSPS) is 11.0. The van der Waals surface area contributed by atoms with Gasteiger partial charge >= 0.3 is 0 Å². The number of rotatable bonds is 4. The number of halogens is 2. The molecule has 0 unspecified atom stereocenters. The van der Waals surface area contributed by atoms with E-state index in [4.69, 9.17) is 5.73 Å². The summed E-state index contributed by atoms with van der Waals surface area (Å²) in [6.07, 6.45) is 3.29. The second-order valence-electron chi connectivity index (χ2n) is 5.26. The fourth-order valence-corrected chi connectivity index (χ4v) is 3.14. The maximum atomic E-state index is 12.5. The molecule has 3 rings (SSSR count). The first-order chi connectivity index (χ1) is 11.1. The van der Waals surface area contributed by atoms with Crippen LogP contribution in [0.2, 0.25) is 0 Å².